The van der Waals surface area contributed by atoms with Crippen LogP contribution >= 0.6 is 0 Å². The third kappa shape index (κ3) is 3.05. The highest BCUT2D eigenvalue weighted by Crippen LogP contribution is 2.26. The molecule has 3 aromatic rings. The number of halogens is 1. The number of hydrogen-bond donors (Lipinski definition) is 3. The molecule has 0 unspecified atom stereocenters. The highest BCUT2D eigenvalue weighted by atomic mass is 19.1. The van der Waals surface area contributed by atoms with E-state index in [4.69, 9.17) is 20.8 Å². The Labute approximate surface area is 135 Å². The molecule has 0 spiro atoms. The molecule has 0 saturated carbocycles. The first-order valence-electron chi connectivity index (χ1n) is 6.81. The summed E-state index contributed by atoms with van der Waals surface area (Å²) in [6.07, 6.45) is 0. The molecule has 3 rings (SSSR count). The van der Waals surface area contributed by atoms with Gasteiger partial charge in [0.15, 0.2) is 11.4 Å². The Hall–Kier alpha value is -3.73. The predicted molar refractivity (Wildman–Crippen MR) is 88.0 cm³/mol. The molecular weight excluding hydrogens is 311 g/mol. The number of anilines is 1. The number of aromatic nitrogens is 1. The third-order valence-corrected chi connectivity index (χ3v) is 3.14. The van der Waals surface area contributed by atoms with Crippen LogP contribution in [0.3, 0.4) is 0 Å². The van der Waals surface area contributed by atoms with E-state index < -0.39 is 5.84 Å². The Bertz CT molecular complexity index is 984. The lowest BCUT2D eigenvalue weighted by Gasteiger charge is -2.00. The van der Waals surface area contributed by atoms with Gasteiger partial charge in [-0.25, -0.2) is 9.37 Å². The lowest BCUT2D eigenvalue weighted by Crippen LogP contribution is -2.21. The Balaban J connectivity index is 1.90. The van der Waals surface area contributed by atoms with E-state index in [1.807, 2.05) is 0 Å². The molecular formula is C16H11FN6O. The topological polar surface area (TPSA) is 124 Å². The molecule has 0 atom stereocenters. The second-order valence-corrected chi connectivity index (χ2v) is 4.81. The van der Waals surface area contributed by atoms with Crippen LogP contribution in [0.1, 0.15) is 0 Å². The molecule has 118 valence electrons. The monoisotopic (exact) mass is 322 g/mol. The normalized spacial score (nSPS) is 11.2. The van der Waals surface area contributed by atoms with E-state index in [1.54, 1.807) is 36.4 Å². The van der Waals surface area contributed by atoms with Crippen molar-refractivity contribution in [2.45, 2.75) is 0 Å². The fraction of sp³-hybridized carbons (Fsp3) is 0. The van der Waals surface area contributed by atoms with Crippen molar-refractivity contribution in [3.05, 3.63) is 48.3 Å². The third-order valence-electron chi connectivity index (χ3n) is 3.14. The number of nitriles is 1. The number of amidine groups is 1. The van der Waals surface area contributed by atoms with E-state index in [2.05, 4.69) is 15.5 Å². The molecule has 0 saturated heterocycles. The summed E-state index contributed by atoms with van der Waals surface area (Å²) in [5.41, 5.74) is 9.96. The maximum atomic E-state index is 13.0. The Morgan fingerprint density at radius 1 is 1.29 bits per heavy atom. The zero-order valence-corrected chi connectivity index (χ0v) is 12.2. The smallest absolute Gasteiger partial charge is 0.227 e. The van der Waals surface area contributed by atoms with Crippen molar-refractivity contribution in [1.82, 2.24) is 4.98 Å². The van der Waals surface area contributed by atoms with Gasteiger partial charge in [-0.15, -0.1) is 0 Å². The van der Waals surface area contributed by atoms with Gasteiger partial charge in [0.25, 0.3) is 0 Å². The molecule has 2 aromatic carbocycles. The number of benzene rings is 2. The number of nitrogens with two attached hydrogens (primary N) is 1. The van der Waals surface area contributed by atoms with Crippen molar-refractivity contribution in [2.24, 2.45) is 10.8 Å². The number of nitrogens with zero attached hydrogens (tertiary/aromatic N) is 3. The number of nitrogens with one attached hydrogen (secondary N) is 2. The fourth-order valence-corrected chi connectivity index (χ4v) is 1.98. The van der Waals surface area contributed by atoms with E-state index in [0.717, 1.165) is 0 Å². The van der Waals surface area contributed by atoms with Crippen molar-refractivity contribution in [2.75, 3.05) is 5.43 Å². The van der Waals surface area contributed by atoms with Crippen LogP contribution in [0.2, 0.25) is 0 Å². The number of hydrogen-bond acceptors (Lipinski definition) is 6. The number of hydrazone groups is 1. The summed E-state index contributed by atoms with van der Waals surface area (Å²) in [7, 11) is 0. The second-order valence-electron chi connectivity index (χ2n) is 4.81. The van der Waals surface area contributed by atoms with Gasteiger partial charge in [0, 0.05) is 5.56 Å². The maximum Gasteiger partial charge on any atom is 0.227 e. The van der Waals surface area contributed by atoms with E-state index in [0.29, 0.717) is 28.2 Å². The van der Waals surface area contributed by atoms with Crippen LogP contribution in [-0.2, 0) is 0 Å². The molecule has 0 fully saturated rings. The van der Waals surface area contributed by atoms with Crippen LogP contribution in [0, 0.1) is 22.6 Å². The minimum Gasteiger partial charge on any atom is -0.436 e. The van der Waals surface area contributed by atoms with Crippen molar-refractivity contribution in [3.63, 3.8) is 0 Å². The summed E-state index contributed by atoms with van der Waals surface area (Å²) in [5.74, 6) is -0.392. The van der Waals surface area contributed by atoms with E-state index in [1.165, 1.54) is 12.1 Å². The lowest BCUT2D eigenvalue weighted by molar-refractivity contribution is 0.616. The Kier molecular flexibility index (Phi) is 3.91. The van der Waals surface area contributed by atoms with Crippen molar-refractivity contribution >= 4 is 28.3 Å². The molecule has 24 heavy (non-hydrogen) atoms. The Morgan fingerprint density at radius 2 is 2.04 bits per heavy atom. The van der Waals surface area contributed by atoms with Crippen LogP contribution in [0.4, 0.5) is 10.1 Å². The molecule has 7 nitrogen and oxygen atoms in total. The minimum absolute atomic E-state index is 0.220. The second kappa shape index (κ2) is 6.18. The highest BCUT2D eigenvalue weighted by Gasteiger charge is 2.09. The van der Waals surface area contributed by atoms with Gasteiger partial charge in [0.1, 0.15) is 17.4 Å². The van der Waals surface area contributed by atoms with Crippen molar-refractivity contribution in [3.8, 4) is 17.5 Å². The molecule has 1 heterocycles. The number of fused-ring (bicyclic) bond motifs is 1. The summed E-state index contributed by atoms with van der Waals surface area (Å²) in [4.78, 5) is 4.35. The van der Waals surface area contributed by atoms with Crippen LogP contribution in [0.15, 0.2) is 52.0 Å². The molecule has 0 radical (unpaired) electrons. The van der Waals surface area contributed by atoms with E-state index in [-0.39, 0.29) is 11.5 Å². The van der Waals surface area contributed by atoms with Crippen molar-refractivity contribution in [1.29, 1.82) is 10.7 Å². The van der Waals surface area contributed by atoms with Crippen LogP contribution in [0.5, 0.6) is 0 Å². The van der Waals surface area contributed by atoms with Crippen LogP contribution < -0.4 is 11.2 Å². The van der Waals surface area contributed by atoms with Gasteiger partial charge >= 0.3 is 0 Å². The largest absolute Gasteiger partial charge is 0.436 e. The molecule has 0 amide bonds. The number of oxazole rings is 1. The van der Waals surface area contributed by atoms with E-state index >= 15 is 0 Å². The number of rotatable bonds is 4. The van der Waals surface area contributed by atoms with Gasteiger partial charge in [-0.05, 0) is 42.5 Å². The fourth-order valence-electron chi connectivity index (χ4n) is 1.98. The average molecular weight is 322 g/mol. The van der Waals surface area contributed by atoms with E-state index in [9.17, 15) is 4.39 Å². The van der Waals surface area contributed by atoms with Gasteiger partial charge < -0.3 is 10.2 Å². The van der Waals surface area contributed by atoms with Gasteiger partial charge in [0.2, 0.25) is 11.6 Å². The standard InChI is InChI=1S/C16H11FN6O/c17-10-3-1-9(2-4-10)16-21-12-7-11(5-6-14(12)24-16)22-23-13(8-18)15(19)20/h1-7,22H,(H3,19,20)/b23-13+. The zero-order chi connectivity index (χ0) is 17.1. The summed E-state index contributed by atoms with van der Waals surface area (Å²) in [6.45, 7) is 0. The molecule has 0 aliphatic rings. The molecule has 4 N–H and O–H groups in total. The molecule has 0 bridgehead atoms. The highest BCUT2D eigenvalue weighted by molar-refractivity contribution is 6.45. The average Bonchev–Trinajstić information content (AvgIpc) is 2.99. The first-order valence-corrected chi connectivity index (χ1v) is 6.81. The van der Waals surface area contributed by atoms with Gasteiger partial charge in [0.05, 0.1) is 5.69 Å². The first kappa shape index (κ1) is 15.2. The quantitative estimate of drug-likeness (QED) is 0.387. The van der Waals surface area contributed by atoms with Gasteiger partial charge in [-0.3, -0.25) is 10.8 Å². The van der Waals surface area contributed by atoms with Gasteiger partial charge in [-0.1, -0.05) is 0 Å². The summed E-state index contributed by atoms with van der Waals surface area (Å²) in [6, 6.07) is 12.6. The molecule has 0 aliphatic heterocycles. The Morgan fingerprint density at radius 3 is 2.71 bits per heavy atom. The summed E-state index contributed by atoms with van der Waals surface area (Å²) in [5, 5.41) is 19.7. The van der Waals surface area contributed by atoms with Crippen molar-refractivity contribution < 1.29 is 8.81 Å². The molecule has 0 aliphatic carbocycles. The molecule has 1 aromatic heterocycles. The summed E-state index contributed by atoms with van der Waals surface area (Å²) >= 11 is 0. The predicted octanol–water partition coefficient (Wildman–Crippen LogP) is 2.86. The molecule has 8 heteroatoms. The van der Waals surface area contributed by atoms with Crippen LogP contribution in [-0.4, -0.2) is 16.5 Å². The summed E-state index contributed by atoms with van der Waals surface area (Å²) < 4.78 is 18.6. The van der Waals surface area contributed by atoms with Gasteiger partial charge in [-0.2, -0.15) is 10.4 Å². The maximum absolute atomic E-state index is 13.0. The van der Waals surface area contributed by atoms with Crippen LogP contribution in [0.25, 0.3) is 22.6 Å². The zero-order valence-electron chi connectivity index (χ0n) is 12.2. The first-order chi connectivity index (χ1) is 11.6. The minimum atomic E-state index is -0.425. The SMILES string of the molecule is N#C/C(=N\Nc1ccc2oc(-c3ccc(F)cc3)nc2c1)C(=N)N. The lowest BCUT2D eigenvalue weighted by atomic mass is 10.2.